The van der Waals surface area contributed by atoms with Crippen molar-refractivity contribution in [2.75, 3.05) is 13.7 Å². The molecule has 1 aromatic heterocycles. The largest absolute Gasteiger partial charge is 0.497 e. The molecule has 0 aliphatic carbocycles. The fourth-order valence-electron chi connectivity index (χ4n) is 2.06. The fourth-order valence-corrected chi connectivity index (χ4v) is 2.06. The van der Waals surface area contributed by atoms with Gasteiger partial charge in [-0.15, -0.1) is 0 Å². The lowest BCUT2D eigenvalue weighted by molar-refractivity contribution is 0.414. The Kier molecular flexibility index (Phi) is 4.58. The number of hydrogen-bond donors (Lipinski definition) is 1. The smallest absolute Gasteiger partial charge is 0.118 e. The van der Waals surface area contributed by atoms with Crippen LogP contribution in [0.4, 0.5) is 0 Å². The summed E-state index contributed by atoms with van der Waals surface area (Å²) in [4.78, 5) is 4.46. The highest BCUT2D eigenvalue weighted by molar-refractivity contribution is 5.32. The third-order valence-corrected chi connectivity index (χ3v) is 3.07. The number of ether oxygens (including phenoxy) is 1. The van der Waals surface area contributed by atoms with E-state index in [-0.39, 0.29) is 6.04 Å². The SMILES string of the molecule is CCCNC(c1ccc(OC)cc1)c1cn(C)cn1. The molecule has 0 radical (unpaired) electrons. The molecule has 1 atom stereocenters. The van der Waals surface area contributed by atoms with Gasteiger partial charge in [0.25, 0.3) is 0 Å². The van der Waals surface area contributed by atoms with Crippen molar-refractivity contribution >= 4 is 0 Å². The zero-order valence-electron chi connectivity index (χ0n) is 11.8. The van der Waals surface area contributed by atoms with Crippen LogP contribution in [-0.4, -0.2) is 23.2 Å². The minimum Gasteiger partial charge on any atom is -0.497 e. The maximum Gasteiger partial charge on any atom is 0.118 e. The van der Waals surface area contributed by atoms with Gasteiger partial charge in [-0.3, -0.25) is 0 Å². The third kappa shape index (κ3) is 3.35. The summed E-state index contributed by atoms with van der Waals surface area (Å²) in [6, 6.07) is 8.27. The highest BCUT2D eigenvalue weighted by atomic mass is 16.5. The first-order chi connectivity index (χ1) is 9.24. The van der Waals surface area contributed by atoms with E-state index in [0.29, 0.717) is 0 Å². The first kappa shape index (κ1) is 13.6. The first-order valence-corrected chi connectivity index (χ1v) is 6.59. The zero-order chi connectivity index (χ0) is 13.7. The Hall–Kier alpha value is -1.81. The van der Waals surface area contributed by atoms with Gasteiger partial charge in [0.15, 0.2) is 0 Å². The molecule has 0 amide bonds. The van der Waals surface area contributed by atoms with Crippen molar-refractivity contribution in [1.82, 2.24) is 14.9 Å². The Balaban J connectivity index is 2.25. The van der Waals surface area contributed by atoms with Crippen molar-refractivity contribution in [1.29, 1.82) is 0 Å². The topological polar surface area (TPSA) is 39.1 Å². The molecule has 0 aliphatic heterocycles. The molecular formula is C15H21N3O. The lowest BCUT2D eigenvalue weighted by Gasteiger charge is -2.17. The van der Waals surface area contributed by atoms with E-state index in [4.69, 9.17) is 4.74 Å². The van der Waals surface area contributed by atoms with E-state index in [1.165, 1.54) is 5.56 Å². The van der Waals surface area contributed by atoms with Gasteiger partial charge in [0.05, 0.1) is 25.2 Å². The fraction of sp³-hybridized carbons (Fsp3) is 0.400. The molecule has 0 aliphatic rings. The van der Waals surface area contributed by atoms with Crippen LogP contribution < -0.4 is 10.1 Å². The summed E-state index contributed by atoms with van der Waals surface area (Å²) in [6.45, 7) is 3.13. The van der Waals surface area contributed by atoms with Crippen molar-refractivity contribution in [2.24, 2.45) is 7.05 Å². The van der Waals surface area contributed by atoms with Crippen LogP contribution in [0, 0.1) is 0 Å². The van der Waals surface area contributed by atoms with Crippen LogP contribution in [0.2, 0.25) is 0 Å². The molecule has 102 valence electrons. The number of aromatic nitrogens is 2. The van der Waals surface area contributed by atoms with E-state index in [2.05, 4.69) is 35.6 Å². The highest BCUT2D eigenvalue weighted by Gasteiger charge is 2.15. The summed E-state index contributed by atoms with van der Waals surface area (Å²) in [5.41, 5.74) is 2.24. The average Bonchev–Trinajstić information content (AvgIpc) is 2.86. The number of aryl methyl sites for hydroxylation is 1. The number of nitrogens with zero attached hydrogens (tertiary/aromatic N) is 2. The Morgan fingerprint density at radius 2 is 2.05 bits per heavy atom. The minimum absolute atomic E-state index is 0.132. The number of benzene rings is 1. The van der Waals surface area contributed by atoms with Crippen LogP contribution in [-0.2, 0) is 7.05 Å². The van der Waals surface area contributed by atoms with Crippen LogP contribution in [0.15, 0.2) is 36.8 Å². The lowest BCUT2D eigenvalue weighted by atomic mass is 10.0. The van der Waals surface area contributed by atoms with Crippen LogP contribution in [0.5, 0.6) is 5.75 Å². The lowest BCUT2D eigenvalue weighted by Crippen LogP contribution is -2.23. The standard InChI is InChI=1S/C15H21N3O/c1-4-9-16-15(14-10-18(2)11-17-14)12-5-7-13(19-3)8-6-12/h5-8,10-11,15-16H,4,9H2,1-3H3. The number of rotatable bonds is 6. The van der Waals surface area contributed by atoms with Crippen LogP contribution in [0.25, 0.3) is 0 Å². The number of methoxy groups -OCH3 is 1. The Morgan fingerprint density at radius 3 is 2.58 bits per heavy atom. The monoisotopic (exact) mass is 259 g/mol. The summed E-state index contributed by atoms with van der Waals surface area (Å²) in [5.74, 6) is 0.874. The third-order valence-electron chi connectivity index (χ3n) is 3.07. The van der Waals surface area contributed by atoms with E-state index in [1.807, 2.05) is 30.1 Å². The summed E-state index contributed by atoms with van der Waals surface area (Å²) in [6.07, 6.45) is 4.98. The first-order valence-electron chi connectivity index (χ1n) is 6.59. The molecule has 1 N–H and O–H groups in total. The Bertz CT molecular complexity index is 504. The van der Waals surface area contributed by atoms with Crippen LogP contribution in [0.3, 0.4) is 0 Å². The van der Waals surface area contributed by atoms with Gasteiger partial charge in [-0.25, -0.2) is 4.98 Å². The molecular weight excluding hydrogens is 238 g/mol. The number of nitrogens with one attached hydrogen (secondary N) is 1. The van der Waals surface area contributed by atoms with E-state index < -0.39 is 0 Å². The van der Waals surface area contributed by atoms with Gasteiger partial charge >= 0.3 is 0 Å². The molecule has 0 fully saturated rings. The summed E-state index contributed by atoms with van der Waals surface area (Å²) in [5, 5.41) is 3.54. The van der Waals surface area contributed by atoms with Crippen molar-refractivity contribution in [3.63, 3.8) is 0 Å². The molecule has 1 aromatic carbocycles. The molecule has 0 saturated carbocycles. The van der Waals surface area contributed by atoms with Gasteiger partial charge in [-0.1, -0.05) is 19.1 Å². The minimum atomic E-state index is 0.132. The van der Waals surface area contributed by atoms with E-state index in [1.54, 1.807) is 7.11 Å². The molecule has 2 aromatic rings. The molecule has 0 saturated heterocycles. The predicted molar refractivity (Wildman–Crippen MR) is 76.3 cm³/mol. The second-order valence-electron chi connectivity index (χ2n) is 4.62. The zero-order valence-corrected chi connectivity index (χ0v) is 11.8. The van der Waals surface area contributed by atoms with Gasteiger partial charge in [0, 0.05) is 13.2 Å². The summed E-state index contributed by atoms with van der Waals surface area (Å²) in [7, 11) is 3.67. The second-order valence-corrected chi connectivity index (χ2v) is 4.62. The molecule has 0 spiro atoms. The van der Waals surface area contributed by atoms with Crippen LogP contribution >= 0.6 is 0 Å². The van der Waals surface area contributed by atoms with Gasteiger partial charge in [-0.2, -0.15) is 0 Å². The van der Waals surface area contributed by atoms with Crippen molar-refractivity contribution in [3.8, 4) is 5.75 Å². The van der Waals surface area contributed by atoms with Crippen molar-refractivity contribution < 1.29 is 4.74 Å². The average molecular weight is 259 g/mol. The van der Waals surface area contributed by atoms with Gasteiger partial charge in [-0.05, 0) is 30.7 Å². The van der Waals surface area contributed by atoms with E-state index in [0.717, 1.165) is 24.4 Å². The Morgan fingerprint density at radius 1 is 1.32 bits per heavy atom. The maximum absolute atomic E-state index is 5.20. The van der Waals surface area contributed by atoms with Gasteiger partial charge in [0.2, 0.25) is 0 Å². The second kappa shape index (κ2) is 6.38. The van der Waals surface area contributed by atoms with Gasteiger partial charge in [0.1, 0.15) is 5.75 Å². The highest BCUT2D eigenvalue weighted by Crippen LogP contribution is 2.22. The van der Waals surface area contributed by atoms with E-state index >= 15 is 0 Å². The predicted octanol–water partition coefficient (Wildman–Crippen LogP) is 2.52. The van der Waals surface area contributed by atoms with Crippen LogP contribution in [0.1, 0.15) is 30.6 Å². The molecule has 2 rings (SSSR count). The Labute approximate surface area is 114 Å². The molecule has 0 bridgehead atoms. The molecule has 1 heterocycles. The molecule has 1 unspecified atom stereocenters. The van der Waals surface area contributed by atoms with E-state index in [9.17, 15) is 0 Å². The summed E-state index contributed by atoms with van der Waals surface area (Å²) < 4.78 is 7.17. The maximum atomic E-state index is 5.20. The van der Waals surface area contributed by atoms with Crippen molar-refractivity contribution in [3.05, 3.63) is 48.0 Å². The molecule has 4 nitrogen and oxygen atoms in total. The number of hydrogen-bond acceptors (Lipinski definition) is 3. The summed E-state index contributed by atoms with van der Waals surface area (Å²) >= 11 is 0. The van der Waals surface area contributed by atoms with Gasteiger partial charge < -0.3 is 14.6 Å². The molecule has 19 heavy (non-hydrogen) atoms. The normalized spacial score (nSPS) is 12.4. The quantitative estimate of drug-likeness (QED) is 0.866. The van der Waals surface area contributed by atoms with Crippen molar-refractivity contribution in [2.45, 2.75) is 19.4 Å². The number of imidazole rings is 1. The molecule has 4 heteroatoms.